The van der Waals surface area contributed by atoms with E-state index < -0.39 is 15.6 Å². The molecule has 0 heterocycles. The van der Waals surface area contributed by atoms with E-state index >= 15 is 0 Å². The number of hydrogen-bond donors (Lipinski definition) is 2. The Bertz CT molecular complexity index is 548. The average Bonchev–Trinajstić information content (AvgIpc) is 2.45. The number of aliphatic hydroxyl groups excluding tert-OH is 1. The first-order valence-corrected chi connectivity index (χ1v) is 8.56. The van der Waals surface area contributed by atoms with Crippen LogP contribution in [0.1, 0.15) is 51.7 Å². The van der Waals surface area contributed by atoms with Crippen molar-refractivity contribution in [1.29, 1.82) is 0 Å². The van der Waals surface area contributed by atoms with Gasteiger partial charge in [0.1, 0.15) is 0 Å². The fourth-order valence-corrected chi connectivity index (χ4v) is 3.92. The Morgan fingerprint density at radius 3 is 2.25 bits per heavy atom. The molecule has 1 aromatic rings. The second-order valence-electron chi connectivity index (χ2n) is 5.33. The summed E-state index contributed by atoms with van der Waals surface area (Å²) in [5, 5.41) is 9.20. The van der Waals surface area contributed by atoms with Crippen LogP contribution in [0.4, 0.5) is 0 Å². The molecule has 2 N–H and O–H groups in total. The minimum atomic E-state index is -3.58. The number of aliphatic hydroxyl groups is 1. The Balaban J connectivity index is 3.27. The Morgan fingerprint density at radius 1 is 1.20 bits per heavy atom. The molecule has 0 amide bonds. The van der Waals surface area contributed by atoms with Crippen LogP contribution in [0.5, 0.6) is 0 Å². The van der Waals surface area contributed by atoms with Gasteiger partial charge < -0.3 is 5.11 Å². The third-order valence-corrected chi connectivity index (χ3v) is 5.65. The van der Waals surface area contributed by atoms with Gasteiger partial charge in [0, 0.05) is 5.54 Å². The smallest absolute Gasteiger partial charge is 0.241 e. The normalized spacial score (nSPS) is 12.7. The Morgan fingerprint density at radius 2 is 1.80 bits per heavy atom. The lowest BCUT2D eigenvalue weighted by atomic mass is 9.98. The van der Waals surface area contributed by atoms with Crippen LogP contribution in [0.2, 0.25) is 0 Å². The molecule has 0 spiro atoms. The first-order chi connectivity index (χ1) is 9.31. The third kappa shape index (κ3) is 3.81. The third-order valence-electron chi connectivity index (χ3n) is 3.93. The molecule has 0 aliphatic rings. The van der Waals surface area contributed by atoms with Crippen molar-refractivity contribution in [2.75, 3.05) is 0 Å². The van der Waals surface area contributed by atoms with Crippen LogP contribution in [0.3, 0.4) is 0 Å². The Labute approximate surface area is 122 Å². The number of aryl methyl sites for hydroxylation is 1. The molecule has 0 radical (unpaired) electrons. The van der Waals surface area contributed by atoms with Crippen molar-refractivity contribution in [2.45, 2.75) is 64.0 Å². The monoisotopic (exact) mass is 299 g/mol. The zero-order valence-corrected chi connectivity index (χ0v) is 13.5. The Hall–Kier alpha value is -0.910. The number of rotatable bonds is 7. The number of hydrogen-bond acceptors (Lipinski definition) is 3. The van der Waals surface area contributed by atoms with Gasteiger partial charge in [-0.05, 0) is 43.4 Å². The fraction of sp³-hybridized carbons (Fsp3) is 0.600. The summed E-state index contributed by atoms with van der Waals surface area (Å²) in [4.78, 5) is 0.277. The first kappa shape index (κ1) is 17.1. The van der Waals surface area contributed by atoms with Gasteiger partial charge in [-0.2, -0.15) is 0 Å². The summed E-state index contributed by atoms with van der Waals surface area (Å²) >= 11 is 0. The molecule has 114 valence electrons. The lowest BCUT2D eigenvalue weighted by Crippen LogP contribution is -2.45. The van der Waals surface area contributed by atoms with Crippen molar-refractivity contribution in [3.63, 3.8) is 0 Å². The van der Waals surface area contributed by atoms with Gasteiger partial charge in [0.15, 0.2) is 0 Å². The summed E-state index contributed by atoms with van der Waals surface area (Å²) in [6.45, 7) is 7.61. The molecular weight excluding hydrogens is 274 g/mol. The van der Waals surface area contributed by atoms with E-state index in [-0.39, 0.29) is 11.5 Å². The van der Waals surface area contributed by atoms with Crippen molar-refractivity contribution >= 4 is 10.0 Å². The van der Waals surface area contributed by atoms with Gasteiger partial charge in [0.25, 0.3) is 0 Å². The molecule has 20 heavy (non-hydrogen) atoms. The fourth-order valence-electron chi connectivity index (χ4n) is 2.01. The predicted octanol–water partition coefficient (Wildman–Crippen LogP) is 2.60. The standard InChI is InChI=1S/C15H25NO3S/c1-5-13-9-8-12(11-17)10-14(13)20(18,19)16-15(4,6-2)7-3/h8-10,16-17H,5-7,11H2,1-4H3. The highest BCUT2D eigenvalue weighted by Gasteiger charge is 2.28. The molecular formula is C15H25NO3S. The van der Waals surface area contributed by atoms with Gasteiger partial charge in [-0.25, -0.2) is 13.1 Å². The number of benzene rings is 1. The molecule has 0 saturated carbocycles. The molecule has 0 unspecified atom stereocenters. The van der Waals surface area contributed by atoms with E-state index in [1.807, 2.05) is 27.7 Å². The van der Waals surface area contributed by atoms with Crippen molar-refractivity contribution in [1.82, 2.24) is 4.72 Å². The van der Waals surface area contributed by atoms with Crippen LogP contribution in [-0.2, 0) is 23.1 Å². The molecule has 0 atom stereocenters. The van der Waals surface area contributed by atoms with Gasteiger partial charge in [-0.3, -0.25) is 0 Å². The molecule has 1 aromatic carbocycles. The van der Waals surface area contributed by atoms with E-state index in [1.165, 1.54) is 0 Å². The summed E-state index contributed by atoms with van der Waals surface area (Å²) in [5.41, 5.74) is 0.931. The van der Waals surface area contributed by atoms with E-state index in [9.17, 15) is 13.5 Å². The SMILES string of the molecule is CCc1ccc(CO)cc1S(=O)(=O)NC(C)(CC)CC. The summed E-state index contributed by atoms with van der Waals surface area (Å²) < 4.78 is 28.0. The minimum Gasteiger partial charge on any atom is -0.392 e. The predicted molar refractivity (Wildman–Crippen MR) is 81.1 cm³/mol. The summed E-state index contributed by atoms with van der Waals surface area (Å²) in [6.07, 6.45) is 2.09. The molecule has 0 saturated heterocycles. The molecule has 0 bridgehead atoms. The van der Waals surface area contributed by atoms with Crippen LogP contribution in [0, 0.1) is 0 Å². The van der Waals surface area contributed by atoms with E-state index in [2.05, 4.69) is 4.72 Å². The zero-order valence-electron chi connectivity index (χ0n) is 12.7. The van der Waals surface area contributed by atoms with Crippen LogP contribution in [0.25, 0.3) is 0 Å². The van der Waals surface area contributed by atoms with E-state index in [1.54, 1.807) is 18.2 Å². The van der Waals surface area contributed by atoms with Crippen molar-refractivity contribution < 1.29 is 13.5 Å². The largest absolute Gasteiger partial charge is 0.392 e. The molecule has 0 fully saturated rings. The highest BCUT2D eigenvalue weighted by molar-refractivity contribution is 7.89. The molecule has 0 aliphatic carbocycles. The first-order valence-electron chi connectivity index (χ1n) is 7.08. The summed E-state index contributed by atoms with van der Waals surface area (Å²) in [7, 11) is -3.58. The molecule has 0 aliphatic heterocycles. The van der Waals surface area contributed by atoms with Crippen LogP contribution in [-0.4, -0.2) is 19.1 Å². The van der Waals surface area contributed by atoms with Crippen LogP contribution < -0.4 is 4.72 Å². The Kier molecular flexibility index (Phi) is 5.74. The maximum absolute atomic E-state index is 12.6. The second kappa shape index (κ2) is 6.70. The number of nitrogens with one attached hydrogen (secondary N) is 1. The molecule has 0 aromatic heterocycles. The molecule has 5 heteroatoms. The minimum absolute atomic E-state index is 0.161. The lowest BCUT2D eigenvalue weighted by molar-refractivity contribution is 0.281. The topological polar surface area (TPSA) is 66.4 Å². The molecule has 1 rings (SSSR count). The molecule has 4 nitrogen and oxygen atoms in total. The average molecular weight is 299 g/mol. The van der Waals surface area contributed by atoms with Crippen LogP contribution in [0.15, 0.2) is 23.1 Å². The summed E-state index contributed by atoms with van der Waals surface area (Å²) in [5.74, 6) is 0. The van der Waals surface area contributed by atoms with E-state index in [0.717, 1.165) is 18.4 Å². The van der Waals surface area contributed by atoms with Crippen LogP contribution >= 0.6 is 0 Å². The van der Waals surface area contributed by atoms with Gasteiger partial charge in [-0.15, -0.1) is 0 Å². The highest BCUT2D eigenvalue weighted by atomic mass is 32.2. The van der Waals surface area contributed by atoms with Gasteiger partial charge in [-0.1, -0.05) is 32.9 Å². The van der Waals surface area contributed by atoms with E-state index in [4.69, 9.17) is 0 Å². The van der Waals surface area contributed by atoms with Crippen molar-refractivity contribution in [3.8, 4) is 0 Å². The van der Waals surface area contributed by atoms with Crippen molar-refractivity contribution in [3.05, 3.63) is 29.3 Å². The maximum atomic E-state index is 12.6. The zero-order chi connectivity index (χ0) is 15.4. The van der Waals surface area contributed by atoms with Gasteiger partial charge in [0.2, 0.25) is 10.0 Å². The van der Waals surface area contributed by atoms with Gasteiger partial charge >= 0.3 is 0 Å². The van der Waals surface area contributed by atoms with E-state index in [0.29, 0.717) is 12.0 Å². The van der Waals surface area contributed by atoms with Crippen molar-refractivity contribution in [2.24, 2.45) is 0 Å². The summed E-state index contributed by atoms with van der Waals surface area (Å²) in [6, 6.07) is 5.10. The number of sulfonamides is 1. The quantitative estimate of drug-likeness (QED) is 0.813. The van der Waals surface area contributed by atoms with Gasteiger partial charge in [0.05, 0.1) is 11.5 Å². The maximum Gasteiger partial charge on any atom is 0.241 e. The highest BCUT2D eigenvalue weighted by Crippen LogP contribution is 2.23. The second-order valence-corrected chi connectivity index (χ2v) is 6.98. The lowest BCUT2D eigenvalue weighted by Gasteiger charge is -2.28.